The van der Waals surface area contributed by atoms with Crippen LogP contribution in [0.1, 0.15) is 13.8 Å². The standard InChI is InChI=1S/C13H34N6S3/c1-4-17-13(15,10-22)7-18-11(2,8-20)5-19-12(14,9-21)6-16-3/h16-22H,4-10,14-15H2,1-3H3/t11-,12-,13-/m1/s1. The fourth-order valence-corrected chi connectivity index (χ4v) is 2.60. The Morgan fingerprint density at radius 3 is 1.77 bits per heavy atom. The van der Waals surface area contributed by atoms with Gasteiger partial charge in [-0.25, -0.2) is 0 Å². The van der Waals surface area contributed by atoms with Gasteiger partial charge in [-0.3, -0.25) is 10.6 Å². The van der Waals surface area contributed by atoms with Crippen LogP contribution in [0.5, 0.6) is 0 Å². The van der Waals surface area contributed by atoms with E-state index >= 15 is 0 Å². The number of thiol groups is 3. The Morgan fingerprint density at radius 1 is 0.818 bits per heavy atom. The van der Waals surface area contributed by atoms with Crippen molar-refractivity contribution in [1.82, 2.24) is 21.3 Å². The fraction of sp³-hybridized carbons (Fsp3) is 1.00. The second-order valence-electron chi connectivity index (χ2n) is 6.12. The van der Waals surface area contributed by atoms with Crippen molar-refractivity contribution in [2.45, 2.75) is 30.7 Å². The molecule has 0 heterocycles. The summed E-state index contributed by atoms with van der Waals surface area (Å²) in [6.45, 7) is 6.79. The highest BCUT2D eigenvalue weighted by Gasteiger charge is 2.31. The largest absolute Gasteiger partial charge is 0.317 e. The average molecular weight is 371 g/mol. The number of nitrogens with two attached hydrogens (primary N) is 2. The van der Waals surface area contributed by atoms with E-state index in [9.17, 15) is 0 Å². The highest BCUT2D eigenvalue weighted by Crippen LogP contribution is 2.09. The minimum absolute atomic E-state index is 0.243. The van der Waals surface area contributed by atoms with Crippen LogP contribution >= 0.6 is 37.9 Å². The lowest BCUT2D eigenvalue weighted by atomic mass is 10.0. The quantitative estimate of drug-likeness (QED) is 0.150. The van der Waals surface area contributed by atoms with Crippen molar-refractivity contribution in [2.75, 3.05) is 50.5 Å². The molecule has 134 valence electrons. The molecule has 0 aromatic heterocycles. The molecule has 0 aliphatic rings. The molecule has 0 aliphatic carbocycles. The Bertz CT molecular complexity index is 286. The van der Waals surface area contributed by atoms with E-state index < -0.39 is 11.3 Å². The van der Waals surface area contributed by atoms with Gasteiger partial charge in [0, 0.05) is 42.4 Å². The Hall–Kier alpha value is 0.810. The molecule has 0 aromatic rings. The Labute approximate surface area is 151 Å². The predicted octanol–water partition coefficient (Wildman–Crippen LogP) is -1.15. The third kappa shape index (κ3) is 8.07. The summed E-state index contributed by atoms with van der Waals surface area (Å²) in [5.74, 6) is 1.73. The number of likely N-dealkylation sites (N-methyl/N-ethyl adjacent to an activating group) is 2. The Balaban J connectivity index is 4.63. The Morgan fingerprint density at radius 2 is 1.36 bits per heavy atom. The summed E-state index contributed by atoms with van der Waals surface area (Å²) >= 11 is 13.1. The lowest BCUT2D eigenvalue weighted by Gasteiger charge is -2.39. The third-order valence-electron chi connectivity index (χ3n) is 3.60. The number of rotatable bonds is 13. The second kappa shape index (κ2) is 10.6. The fourth-order valence-electron chi connectivity index (χ4n) is 1.93. The van der Waals surface area contributed by atoms with E-state index in [-0.39, 0.29) is 5.54 Å². The van der Waals surface area contributed by atoms with Crippen LogP contribution < -0.4 is 32.7 Å². The number of hydrogen-bond acceptors (Lipinski definition) is 9. The summed E-state index contributed by atoms with van der Waals surface area (Å²) in [5.41, 5.74) is 11.2. The van der Waals surface area contributed by atoms with Gasteiger partial charge >= 0.3 is 0 Å². The highest BCUT2D eigenvalue weighted by atomic mass is 32.1. The topological polar surface area (TPSA) is 100 Å². The van der Waals surface area contributed by atoms with Gasteiger partial charge in [0.15, 0.2) is 0 Å². The molecular weight excluding hydrogens is 336 g/mol. The van der Waals surface area contributed by atoms with Gasteiger partial charge < -0.3 is 22.1 Å². The monoisotopic (exact) mass is 370 g/mol. The van der Waals surface area contributed by atoms with Gasteiger partial charge in [-0.05, 0) is 20.5 Å². The van der Waals surface area contributed by atoms with Crippen LogP contribution in [0, 0.1) is 0 Å². The molecule has 0 unspecified atom stereocenters. The summed E-state index contributed by atoms with van der Waals surface area (Å²) in [7, 11) is 1.87. The van der Waals surface area contributed by atoms with Gasteiger partial charge in [0.05, 0.1) is 11.3 Å². The van der Waals surface area contributed by atoms with E-state index in [4.69, 9.17) is 11.5 Å². The summed E-state index contributed by atoms with van der Waals surface area (Å²) < 4.78 is 0. The molecule has 22 heavy (non-hydrogen) atoms. The summed E-state index contributed by atoms with van der Waals surface area (Å²) in [6, 6.07) is 0. The molecule has 9 heteroatoms. The van der Waals surface area contributed by atoms with E-state index in [1.54, 1.807) is 0 Å². The van der Waals surface area contributed by atoms with E-state index in [0.29, 0.717) is 36.9 Å². The van der Waals surface area contributed by atoms with Crippen molar-refractivity contribution in [3.8, 4) is 0 Å². The molecule has 0 rings (SSSR count). The molecule has 0 fully saturated rings. The van der Waals surface area contributed by atoms with Crippen LogP contribution in [-0.2, 0) is 0 Å². The van der Waals surface area contributed by atoms with Gasteiger partial charge in [-0.2, -0.15) is 37.9 Å². The second-order valence-corrected chi connectivity index (χ2v) is 7.06. The van der Waals surface area contributed by atoms with Gasteiger partial charge in [0.1, 0.15) is 0 Å². The van der Waals surface area contributed by atoms with Crippen LogP contribution in [-0.4, -0.2) is 67.3 Å². The van der Waals surface area contributed by atoms with Crippen molar-refractivity contribution in [3.05, 3.63) is 0 Å². The first-order chi connectivity index (χ1) is 10.2. The number of hydrogen-bond donors (Lipinski definition) is 9. The molecular formula is C13H34N6S3. The zero-order valence-corrected chi connectivity index (χ0v) is 16.6. The Kier molecular flexibility index (Phi) is 11.0. The maximum Gasteiger partial charge on any atom is 0.0880 e. The average Bonchev–Trinajstić information content (AvgIpc) is 2.52. The highest BCUT2D eigenvalue weighted by molar-refractivity contribution is 7.80. The maximum absolute atomic E-state index is 6.28. The van der Waals surface area contributed by atoms with Crippen molar-refractivity contribution >= 4 is 37.9 Å². The van der Waals surface area contributed by atoms with Crippen LogP contribution in [0.15, 0.2) is 0 Å². The molecule has 0 aromatic carbocycles. The van der Waals surface area contributed by atoms with Crippen molar-refractivity contribution in [1.29, 1.82) is 0 Å². The zero-order valence-electron chi connectivity index (χ0n) is 13.9. The molecule has 6 nitrogen and oxygen atoms in total. The first-order valence-corrected chi connectivity index (χ1v) is 9.42. The SMILES string of the molecule is CCN[C@@](N)(CS)CN[C@@](C)(CS)CN[C@@](N)(CS)CNC. The van der Waals surface area contributed by atoms with Crippen LogP contribution in [0.25, 0.3) is 0 Å². The van der Waals surface area contributed by atoms with E-state index in [1.165, 1.54) is 0 Å². The lowest BCUT2D eigenvalue weighted by Crippen LogP contribution is -2.68. The molecule has 0 saturated carbocycles. The van der Waals surface area contributed by atoms with Crippen LogP contribution in [0.3, 0.4) is 0 Å². The normalized spacial score (nSPS) is 20.2. The number of nitrogens with one attached hydrogen (secondary N) is 4. The van der Waals surface area contributed by atoms with Crippen molar-refractivity contribution < 1.29 is 0 Å². The maximum atomic E-state index is 6.28. The first-order valence-electron chi connectivity index (χ1n) is 7.52. The molecule has 8 N–H and O–H groups in total. The van der Waals surface area contributed by atoms with E-state index in [0.717, 1.165) is 6.54 Å². The predicted molar refractivity (Wildman–Crippen MR) is 107 cm³/mol. The van der Waals surface area contributed by atoms with E-state index in [1.807, 2.05) is 14.0 Å². The molecule has 0 bridgehead atoms. The lowest BCUT2D eigenvalue weighted by molar-refractivity contribution is 0.264. The molecule has 0 radical (unpaired) electrons. The van der Waals surface area contributed by atoms with Crippen molar-refractivity contribution in [2.24, 2.45) is 11.5 Å². The van der Waals surface area contributed by atoms with Gasteiger partial charge in [0.25, 0.3) is 0 Å². The summed E-state index contributed by atoms with van der Waals surface area (Å²) in [6.07, 6.45) is 0. The smallest absolute Gasteiger partial charge is 0.0880 e. The first kappa shape index (κ1) is 22.8. The summed E-state index contributed by atoms with van der Waals surface area (Å²) in [5, 5.41) is 13.2. The van der Waals surface area contributed by atoms with Gasteiger partial charge in [-0.15, -0.1) is 0 Å². The third-order valence-corrected chi connectivity index (χ3v) is 5.42. The van der Waals surface area contributed by atoms with Gasteiger partial charge in [-0.1, -0.05) is 6.92 Å². The van der Waals surface area contributed by atoms with Crippen molar-refractivity contribution in [3.63, 3.8) is 0 Å². The van der Waals surface area contributed by atoms with Crippen LogP contribution in [0.4, 0.5) is 0 Å². The molecule has 0 aliphatic heterocycles. The minimum Gasteiger partial charge on any atom is -0.317 e. The molecule has 0 saturated heterocycles. The summed E-state index contributed by atoms with van der Waals surface area (Å²) in [4.78, 5) is 0. The minimum atomic E-state index is -0.561. The molecule has 0 spiro atoms. The molecule has 0 amide bonds. The molecule has 3 atom stereocenters. The zero-order chi connectivity index (χ0) is 17.3. The van der Waals surface area contributed by atoms with Gasteiger partial charge in [0.2, 0.25) is 0 Å². The van der Waals surface area contributed by atoms with E-state index in [2.05, 4.69) is 66.1 Å². The van der Waals surface area contributed by atoms with Crippen LogP contribution in [0.2, 0.25) is 0 Å².